The number of methoxy groups -OCH3 is 1. The van der Waals surface area contributed by atoms with Gasteiger partial charge in [0, 0.05) is 17.6 Å². The summed E-state index contributed by atoms with van der Waals surface area (Å²) in [4.78, 5) is 74.9. The summed E-state index contributed by atoms with van der Waals surface area (Å²) >= 11 is 2.64. The number of hydrogen-bond acceptors (Lipinski definition) is 14. The van der Waals surface area contributed by atoms with Crippen molar-refractivity contribution in [2.45, 2.75) is 81.9 Å². The second-order valence-electron chi connectivity index (χ2n) is 19.3. The van der Waals surface area contributed by atoms with Crippen molar-refractivity contribution < 1.29 is 47.7 Å². The Kier molecular flexibility index (Phi) is 14.9. The Morgan fingerprint density at radius 2 is 1.49 bits per heavy atom. The van der Waals surface area contributed by atoms with E-state index in [-0.39, 0.29) is 29.8 Å². The normalized spacial score (nSPS) is 19.2. The van der Waals surface area contributed by atoms with Crippen molar-refractivity contribution in [2.75, 3.05) is 38.8 Å². The third-order valence-electron chi connectivity index (χ3n) is 12.0. The number of hydrogen-bond donors (Lipinski definition) is 2. The van der Waals surface area contributed by atoms with E-state index in [2.05, 4.69) is 15.8 Å². The number of benzene rings is 4. The Bertz CT molecular complexity index is 2730. The molecule has 17 heteroatoms. The van der Waals surface area contributed by atoms with Crippen molar-refractivity contribution in [3.05, 3.63) is 172 Å². The zero-order valence-corrected chi connectivity index (χ0v) is 42.7. The van der Waals surface area contributed by atoms with Gasteiger partial charge in [-0.25, -0.2) is 14.6 Å². The van der Waals surface area contributed by atoms with Gasteiger partial charge in [0.05, 0.1) is 21.2 Å². The van der Waals surface area contributed by atoms with E-state index in [0.29, 0.717) is 26.9 Å². The molecule has 5 aromatic rings. The van der Waals surface area contributed by atoms with Gasteiger partial charge in [0.25, 0.3) is 11.8 Å². The maximum absolute atomic E-state index is 14.7. The summed E-state index contributed by atoms with van der Waals surface area (Å²) in [7, 11) is 5.53. The van der Waals surface area contributed by atoms with Gasteiger partial charge in [-0.2, -0.15) is 9.48 Å². The van der Waals surface area contributed by atoms with Gasteiger partial charge in [-0.15, -0.1) is 23.1 Å². The highest BCUT2D eigenvalue weighted by Gasteiger charge is 2.55. The molecule has 1 aromatic heterocycles. The Morgan fingerprint density at radius 1 is 0.887 bits per heavy atom. The second kappa shape index (κ2) is 20.9. The van der Waals surface area contributed by atoms with Crippen molar-refractivity contribution in [1.29, 1.82) is 0 Å². The van der Waals surface area contributed by atoms with E-state index in [9.17, 15) is 19.2 Å². The molecule has 4 heterocycles. The molecule has 2 amide bonds. The molecule has 2 fully saturated rings. The van der Waals surface area contributed by atoms with Crippen LogP contribution in [0.4, 0.5) is 5.13 Å². The predicted octanol–water partition coefficient (Wildman–Crippen LogP) is 8.13. The van der Waals surface area contributed by atoms with E-state index in [1.807, 2.05) is 117 Å². The summed E-state index contributed by atoms with van der Waals surface area (Å²) in [6.07, 6.45) is 4.33. The summed E-state index contributed by atoms with van der Waals surface area (Å²) < 4.78 is 17.1. The van der Waals surface area contributed by atoms with Gasteiger partial charge in [-0.3, -0.25) is 14.5 Å². The minimum absolute atomic E-state index is 0.0478. The minimum Gasteiger partial charge on any atom is -0.497 e. The van der Waals surface area contributed by atoms with Gasteiger partial charge in [-0.1, -0.05) is 114 Å². The molecule has 8 rings (SSSR count). The van der Waals surface area contributed by atoms with Crippen LogP contribution in [0, 0.1) is 0 Å². The van der Waals surface area contributed by atoms with Crippen LogP contribution in [0.25, 0.3) is 0 Å². The van der Waals surface area contributed by atoms with Gasteiger partial charge in [0.1, 0.15) is 59.0 Å². The number of oxime groups is 1. The quantitative estimate of drug-likeness (QED) is 0.0230. The Morgan fingerprint density at radius 3 is 2.04 bits per heavy atom. The molecule has 0 radical (unpaired) electrons. The molecule has 71 heavy (non-hydrogen) atoms. The van der Waals surface area contributed by atoms with Crippen LogP contribution in [-0.2, 0) is 50.5 Å². The number of fused-ring (bicyclic) bond motifs is 1. The van der Waals surface area contributed by atoms with Crippen LogP contribution in [0.15, 0.2) is 149 Å². The molecule has 2 saturated heterocycles. The first kappa shape index (κ1) is 50.6. The number of quaternary nitrogens is 1. The molecule has 0 aliphatic carbocycles. The average Bonchev–Trinajstić information content (AvgIpc) is 3.98. The lowest BCUT2D eigenvalue weighted by Crippen LogP contribution is -2.71. The molecular weight excluding hydrogens is 941 g/mol. The van der Waals surface area contributed by atoms with Crippen LogP contribution in [0.1, 0.15) is 69.0 Å². The highest BCUT2D eigenvalue weighted by Crippen LogP contribution is 2.43. The fourth-order valence-electron chi connectivity index (χ4n) is 8.36. The molecule has 0 saturated carbocycles. The van der Waals surface area contributed by atoms with Gasteiger partial charge in [0.15, 0.2) is 10.8 Å². The third kappa shape index (κ3) is 11.4. The maximum atomic E-state index is 14.7. The number of esters is 2. The van der Waals surface area contributed by atoms with Crippen molar-refractivity contribution in [1.82, 2.24) is 15.2 Å². The highest BCUT2D eigenvalue weighted by atomic mass is 32.2. The van der Waals surface area contributed by atoms with Crippen molar-refractivity contribution >= 4 is 57.7 Å². The molecule has 4 aromatic carbocycles. The number of anilines is 1. The molecule has 2 N–H and O–H groups in total. The molecule has 1 unspecified atom stereocenters. The lowest BCUT2D eigenvalue weighted by Gasteiger charge is -2.49. The summed E-state index contributed by atoms with van der Waals surface area (Å²) in [6, 6.07) is 36.0. The molecule has 3 atom stereocenters. The van der Waals surface area contributed by atoms with Gasteiger partial charge < -0.3 is 29.7 Å². The van der Waals surface area contributed by atoms with Crippen LogP contribution in [0.2, 0.25) is 0 Å². The van der Waals surface area contributed by atoms with Gasteiger partial charge >= 0.3 is 11.9 Å². The van der Waals surface area contributed by atoms with Crippen molar-refractivity contribution in [2.24, 2.45) is 5.16 Å². The first-order valence-corrected chi connectivity index (χ1v) is 25.2. The standard InChI is InChI=1S/C54H58N6O9S2/c1-52(2,3)67-50(64)53(4,5)69-58-43(42-34-71-51(55-42)57-54(37-18-12-9-13-19-37,38-20-14-10-15-21-38)39-22-16-11-17-23-39)46(61)56-44-47(62)59-45(49(63)66-32-35-24-27-40(65-8)28-25-35)36(33-70-48(44)59)26-29-41-30-31-60(6,7)68-41/h9-29,34,41,44,48H,30-33H2,1-8H3,(H-,55,56,57,61)/p+1/b29-26+,58-43-/t41?,44-,48-/m1/s1. The number of thioether (sulfide) groups is 1. The number of amides is 2. The number of carbonyl (C=O) groups is 4. The largest absolute Gasteiger partial charge is 0.497 e. The summed E-state index contributed by atoms with van der Waals surface area (Å²) in [5.74, 6) is -1.73. The van der Waals surface area contributed by atoms with E-state index in [1.165, 1.54) is 41.8 Å². The van der Waals surface area contributed by atoms with E-state index in [4.69, 9.17) is 28.9 Å². The second-order valence-corrected chi connectivity index (χ2v) is 21.3. The maximum Gasteiger partial charge on any atom is 0.355 e. The van der Waals surface area contributed by atoms with E-state index < -0.39 is 51.9 Å². The number of thiazole rings is 1. The van der Waals surface area contributed by atoms with E-state index in [1.54, 1.807) is 57.5 Å². The Balaban J connectivity index is 1.10. The van der Waals surface area contributed by atoms with Gasteiger partial charge in [0.2, 0.25) is 5.60 Å². The smallest absolute Gasteiger partial charge is 0.355 e. The number of allylic oxidation sites excluding steroid dienone is 1. The molecule has 0 spiro atoms. The zero-order chi connectivity index (χ0) is 50.6. The van der Waals surface area contributed by atoms with Crippen LogP contribution in [0.3, 0.4) is 0 Å². The lowest BCUT2D eigenvalue weighted by molar-refractivity contribution is -1.06. The summed E-state index contributed by atoms with van der Waals surface area (Å²) in [5, 5.41) is 12.3. The van der Waals surface area contributed by atoms with Crippen LogP contribution in [0.5, 0.6) is 5.75 Å². The van der Waals surface area contributed by atoms with Crippen LogP contribution < -0.4 is 15.4 Å². The number of nitrogens with zero attached hydrogens (tertiary/aromatic N) is 4. The van der Waals surface area contributed by atoms with Crippen molar-refractivity contribution in [3.63, 3.8) is 0 Å². The highest BCUT2D eigenvalue weighted by molar-refractivity contribution is 8.00. The van der Waals surface area contributed by atoms with Crippen LogP contribution in [-0.4, -0.2) is 106 Å². The topological polar surface area (TPSA) is 167 Å². The van der Waals surface area contributed by atoms with E-state index in [0.717, 1.165) is 35.2 Å². The van der Waals surface area contributed by atoms with E-state index >= 15 is 0 Å². The Labute approximate surface area is 422 Å². The molecule has 3 aliphatic rings. The number of aromatic nitrogens is 1. The summed E-state index contributed by atoms with van der Waals surface area (Å²) in [6.45, 7) is 8.95. The van der Waals surface area contributed by atoms with Crippen molar-refractivity contribution in [3.8, 4) is 5.75 Å². The first-order chi connectivity index (χ1) is 33.9. The van der Waals surface area contributed by atoms with Gasteiger partial charge in [-0.05, 0) is 80.7 Å². The number of nitrogens with one attached hydrogen (secondary N) is 2. The third-order valence-corrected chi connectivity index (χ3v) is 14.1. The molecule has 15 nitrogen and oxygen atoms in total. The Hall–Kier alpha value is -6.79. The fraction of sp³-hybridized carbons (Fsp3) is 0.333. The number of carbonyl (C=O) groups excluding carboxylic acids is 4. The molecule has 0 bridgehead atoms. The summed E-state index contributed by atoms with van der Waals surface area (Å²) in [5.41, 5.74) is 0.624. The van der Waals surface area contributed by atoms with Crippen LogP contribution >= 0.6 is 23.1 Å². The zero-order valence-electron chi connectivity index (χ0n) is 41.0. The molecule has 3 aliphatic heterocycles. The lowest BCUT2D eigenvalue weighted by atomic mass is 9.77. The molecular formula is C54H59N6O9S2+. The number of ether oxygens (including phenoxy) is 3. The SMILES string of the molecule is COc1ccc(COC(=O)C2=C(/C=C/C3CC[N+](C)(C)O3)CS[C@@H]3[C@H](NC(=O)/C(=N\OC(C)(C)C(=O)OC(C)(C)C)c4csc(NC(c5ccccc5)(c5ccccc5)c5ccccc5)n4)C(=O)N23)cc1. The fourth-order valence-corrected chi connectivity index (χ4v) is 10.4. The number of hydroxylamine groups is 3. The first-order valence-electron chi connectivity index (χ1n) is 23.3. The average molecular weight is 1000 g/mol. The number of rotatable bonds is 17. The molecule has 370 valence electrons. The predicted molar refractivity (Wildman–Crippen MR) is 273 cm³/mol. The number of β-lactam (4-membered cyclic amide) rings is 1. The monoisotopic (exact) mass is 999 g/mol. The minimum atomic E-state index is -1.64.